The molecule has 1 unspecified atom stereocenters. The fourth-order valence-corrected chi connectivity index (χ4v) is 3.50. The molecule has 0 saturated heterocycles. The Morgan fingerprint density at radius 1 is 1.14 bits per heavy atom. The van der Waals surface area contributed by atoms with Crippen molar-refractivity contribution >= 4 is 39.2 Å². The zero-order valence-electron chi connectivity index (χ0n) is 16.0. The number of rotatable bonds is 7. The van der Waals surface area contributed by atoms with E-state index in [0.717, 1.165) is 23.3 Å². The van der Waals surface area contributed by atoms with Crippen molar-refractivity contribution in [2.75, 3.05) is 11.9 Å². The van der Waals surface area contributed by atoms with Gasteiger partial charge in [-0.3, -0.25) is 9.59 Å². The van der Waals surface area contributed by atoms with E-state index in [4.69, 9.17) is 16.3 Å². The van der Waals surface area contributed by atoms with Crippen molar-refractivity contribution in [1.29, 1.82) is 0 Å². The highest BCUT2D eigenvalue weighted by molar-refractivity contribution is 7.89. The number of sulfonamides is 1. The second-order valence-electron chi connectivity index (χ2n) is 6.32. The summed E-state index contributed by atoms with van der Waals surface area (Å²) >= 11 is 5.82. The van der Waals surface area contributed by atoms with Gasteiger partial charge in [0.25, 0.3) is 5.91 Å². The third kappa shape index (κ3) is 6.25. The largest absolute Gasteiger partial charge is 0.452 e. The summed E-state index contributed by atoms with van der Waals surface area (Å²) in [6, 6.07) is 7.98. The van der Waals surface area contributed by atoms with Gasteiger partial charge in [0.2, 0.25) is 10.0 Å². The van der Waals surface area contributed by atoms with Crippen molar-refractivity contribution in [3.8, 4) is 0 Å². The number of carbonyl (C=O) groups excluding carboxylic acids is 2. The quantitative estimate of drug-likeness (QED) is 0.642. The second-order valence-corrected chi connectivity index (χ2v) is 8.49. The summed E-state index contributed by atoms with van der Waals surface area (Å²) in [6.07, 6.45) is -1.23. The number of halogens is 2. The van der Waals surface area contributed by atoms with Gasteiger partial charge < -0.3 is 10.1 Å². The molecule has 2 aromatic carbocycles. The molecule has 0 radical (unpaired) electrons. The minimum Gasteiger partial charge on any atom is -0.452 e. The number of anilines is 1. The summed E-state index contributed by atoms with van der Waals surface area (Å²) < 4.78 is 44.7. The number of benzene rings is 2. The monoisotopic (exact) mass is 442 g/mol. The molecule has 0 aliphatic heterocycles. The first-order valence-electron chi connectivity index (χ1n) is 8.52. The number of aryl methyl sites for hydroxylation is 2. The maximum absolute atomic E-state index is 13.0. The smallest absolute Gasteiger partial charge is 0.321 e. The van der Waals surface area contributed by atoms with Crippen molar-refractivity contribution in [2.24, 2.45) is 0 Å². The number of esters is 1. The predicted octanol–water partition coefficient (Wildman–Crippen LogP) is 2.94. The van der Waals surface area contributed by atoms with Crippen LogP contribution in [-0.4, -0.2) is 32.9 Å². The van der Waals surface area contributed by atoms with Gasteiger partial charge in [-0.25, -0.2) is 12.8 Å². The Labute approximate surface area is 173 Å². The van der Waals surface area contributed by atoms with E-state index >= 15 is 0 Å². The van der Waals surface area contributed by atoms with Gasteiger partial charge in [0.1, 0.15) is 12.4 Å². The van der Waals surface area contributed by atoms with E-state index in [9.17, 15) is 22.4 Å². The van der Waals surface area contributed by atoms with Crippen molar-refractivity contribution in [1.82, 2.24) is 4.72 Å². The molecule has 2 rings (SSSR count). The van der Waals surface area contributed by atoms with Crippen LogP contribution in [0.25, 0.3) is 0 Å². The number of hydrogen-bond acceptors (Lipinski definition) is 5. The van der Waals surface area contributed by atoms with Crippen LogP contribution in [-0.2, 0) is 24.3 Å². The molecular weight excluding hydrogens is 423 g/mol. The van der Waals surface area contributed by atoms with E-state index in [1.807, 2.05) is 6.92 Å². The Hall–Kier alpha value is -2.49. The normalized spacial score (nSPS) is 12.3. The van der Waals surface area contributed by atoms with Crippen molar-refractivity contribution < 1.29 is 27.1 Å². The van der Waals surface area contributed by atoms with Crippen molar-refractivity contribution in [2.45, 2.75) is 31.8 Å². The second kappa shape index (κ2) is 9.34. The molecule has 0 bridgehead atoms. The minimum atomic E-state index is -3.91. The molecular formula is C19H20ClFN2O5S. The Morgan fingerprint density at radius 2 is 1.83 bits per heavy atom. The molecule has 0 heterocycles. The highest BCUT2D eigenvalue weighted by Crippen LogP contribution is 2.22. The van der Waals surface area contributed by atoms with Crippen LogP contribution in [0.2, 0.25) is 5.02 Å². The summed E-state index contributed by atoms with van der Waals surface area (Å²) in [6.45, 7) is 4.28. The van der Waals surface area contributed by atoms with Crippen LogP contribution in [0, 0.1) is 19.7 Å². The third-order valence-corrected chi connectivity index (χ3v) is 5.77. The van der Waals surface area contributed by atoms with Crippen LogP contribution in [0.3, 0.4) is 0 Å². The first-order chi connectivity index (χ1) is 13.5. The summed E-state index contributed by atoms with van der Waals surface area (Å²) in [5.41, 5.74) is 1.88. The third-order valence-electron chi connectivity index (χ3n) is 4.06. The molecule has 2 aromatic rings. The van der Waals surface area contributed by atoms with E-state index < -0.39 is 40.4 Å². The van der Waals surface area contributed by atoms with Gasteiger partial charge in [-0.05, 0) is 62.2 Å². The maximum atomic E-state index is 13.0. The van der Waals surface area contributed by atoms with E-state index in [-0.39, 0.29) is 15.6 Å². The molecule has 0 aromatic heterocycles. The van der Waals surface area contributed by atoms with E-state index in [1.165, 1.54) is 25.1 Å². The van der Waals surface area contributed by atoms with Gasteiger partial charge in [0, 0.05) is 0 Å². The number of hydrogen-bond donors (Lipinski definition) is 2. The Kier molecular flexibility index (Phi) is 7.34. The van der Waals surface area contributed by atoms with Gasteiger partial charge in [0.05, 0.1) is 15.6 Å². The lowest BCUT2D eigenvalue weighted by Gasteiger charge is -2.15. The minimum absolute atomic E-state index is 0.0157. The molecule has 10 heteroatoms. The standard InChI is InChI=1S/C19H20ClFN2O5S/c1-11-4-6-15(8-12(11)2)29(26,27)22-10-18(24)28-13(3)19(25)23-17-7-5-14(21)9-16(17)20/h4-9,13,22H,10H2,1-3H3,(H,23,25). The summed E-state index contributed by atoms with van der Waals surface area (Å²) in [5.74, 6) is -2.21. The van der Waals surface area contributed by atoms with Crippen LogP contribution >= 0.6 is 11.6 Å². The molecule has 1 atom stereocenters. The van der Waals surface area contributed by atoms with E-state index in [0.29, 0.717) is 0 Å². The average molecular weight is 443 g/mol. The molecule has 0 fully saturated rings. The zero-order chi connectivity index (χ0) is 21.8. The summed E-state index contributed by atoms with van der Waals surface area (Å²) in [7, 11) is -3.91. The molecule has 156 valence electrons. The Balaban J connectivity index is 1.92. The fourth-order valence-electron chi connectivity index (χ4n) is 2.24. The predicted molar refractivity (Wildman–Crippen MR) is 107 cm³/mol. The van der Waals surface area contributed by atoms with Crippen molar-refractivity contribution in [3.63, 3.8) is 0 Å². The SMILES string of the molecule is Cc1ccc(S(=O)(=O)NCC(=O)OC(C)C(=O)Nc2ccc(F)cc2Cl)cc1C. The van der Waals surface area contributed by atoms with Crippen molar-refractivity contribution in [3.05, 3.63) is 58.4 Å². The van der Waals surface area contributed by atoms with Gasteiger partial charge in [0.15, 0.2) is 6.10 Å². The van der Waals surface area contributed by atoms with Gasteiger partial charge >= 0.3 is 5.97 Å². The van der Waals surface area contributed by atoms with Crippen LogP contribution < -0.4 is 10.0 Å². The van der Waals surface area contributed by atoms with E-state index in [1.54, 1.807) is 13.0 Å². The highest BCUT2D eigenvalue weighted by Gasteiger charge is 2.21. The molecule has 0 saturated carbocycles. The van der Waals surface area contributed by atoms with E-state index in [2.05, 4.69) is 10.0 Å². The lowest BCUT2D eigenvalue weighted by Crippen LogP contribution is -2.35. The molecule has 29 heavy (non-hydrogen) atoms. The maximum Gasteiger partial charge on any atom is 0.321 e. The molecule has 7 nitrogen and oxygen atoms in total. The Bertz CT molecular complexity index is 1040. The molecule has 0 aliphatic carbocycles. The molecule has 0 spiro atoms. The zero-order valence-corrected chi connectivity index (χ0v) is 17.5. The lowest BCUT2D eigenvalue weighted by molar-refractivity contribution is -0.151. The van der Waals surface area contributed by atoms with Gasteiger partial charge in [-0.2, -0.15) is 4.72 Å². The summed E-state index contributed by atoms with van der Waals surface area (Å²) in [5, 5.41) is 2.38. The van der Waals surface area contributed by atoms with Crippen LogP contribution in [0.5, 0.6) is 0 Å². The number of nitrogens with one attached hydrogen (secondary N) is 2. The average Bonchev–Trinajstić information content (AvgIpc) is 2.64. The summed E-state index contributed by atoms with van der Waals surface area (Å²) in [4.78, 5) is 24.0. The topological polar surface area (TPSA) is 102 Å². The molecule has 2 N–H and O–H groups in total. The number of ether oxygens (including phenoxy) is 1. The van der Waals surface area contributed by atoms with Crippen LogP contribution in [0.1, 0.15) is 18.1 Å². The Morgan fingerprint density at radius 3 is 2.45 bits per heavy atom. The highest BCUT2D eigenvalue weighted by atomic mass is 35.5. The molecule has 0 aliphatic rings. The number of amides is 1. The molecule has 1 amide bonds. The van der Waals surface area contributed by atoms with Crippen LogP contribution in [0.15, 0.2) is 41.3 Å². The van der Waals surface area contributed by atoms with Gasteiger partial charge in [-0.1, -0.05) is 17.7 Å². The number of carbonyl (C=O) groups is 2. The first-order valence-corrected chi connectivity index (χ1v) is 10.4. The first kappa shape index (κ1) is 22.8. The van der Waals surface area contributed by atoms with Gasteiger partial charge in [-0.15, -0.1) is 0 Å². The lowest BCUT2D eigenvalue weighted by atomic mass is 10.1. The fraction of sp³-hybridized carbons (Fsp3) is 0.263. The van der Waals surface area contributed by atoms with Crippen LogP contribution in [0.4, 0.5) is 10.1 Å².